The highest BCUT2D eigenvalue weighted by atomic mass is 35.5. The van der Waals surface area contributed by atoms with Gasteiger partial charge in [0.1, 0.15) is 5.02 Å². The van der Waals surface area contributed by atoms with E-state index in [1.807, 2.05) is 34.9 Å². The van der Waals surface area contributed by atoms with E-state index in [1.165, 1.54) is 28.9 Å². The van der Waals surface area contributed by atoms with E-state index in [4.69, 9.17) is 11.6 Å². The van der Waals surface area contributed by atoms with Crippen LogP contribution in [0.1, 0.15) is 6.92 Å². The summed E-state index contributed by atoms with van der Waals surface area (Å²) in [7, 11) is 0. The molecule has 1 saturated heterocycles. The predicted molar refractivity (Wildman–Crippen MR) is 130 cm³/mol. The number of hydrogen-bond acceptors (Lipinski definition) is 7. The summed E-state index contributed by atoms with van der Waals surface area (Å²) in [5, 5.41) is 18.0. The van der Waals surface area contributed by atoms with E-state index < -0.39 is 11.0 Å². The highest BCUT2D eigenvalue weighted by molar-refractivity contribution is 6.33. The van der Waals surface area contributed by atoms with Gasteiger partial charge in [-0.3, -0.25) is 24.6 Å². The zero-order valence-electron chi connectivity index (χ0n) is 18.4. The van der Waals surface area contributed by atoms with Gasteiger partial charge in [0.15, 0.2) is 0 Å². The number of nitrogens with zero attached hydrogens (tertiary/aromatic N) is 5. The number of carbonyl (C=O) groups is 1. The molecule has 34 heavy (non-hydrogen) atoms. The van der Waals surface area contributed by atoms with Gasteiger partial charge in [-0.1, -0.05) is 29.8 Å². The molecule has 0 bridgehead atoms. The molecular formula is C23H23ClN6O4. The Labute approximate surface area is 200 Å². The van der Waals surface area contributed by atoms with Crippen molar-refractivity contribution in [2.45, 2.75) is 13.0 Å². The quantitative estimate of drug-likeness (QED) is 0.424. The van der Waals surface area contributed by atoms with Crippen molar-refractivity contribution in [1.82, 2.24) is 14.7 Å². The van der Waals surface area contributed by atoms with Gasteiger partial charge in [-0.25, -0.2) is 0 Å². The van der Waals surface area contributed by atoms with Crippen molar-refractivity contribution in [1.29, 1.82) is 0 Å². The first kappa shape index (κ1) is 23.4. The van der Waals surface area contributed by atoms with Gasteiger partial charge in [0.2, 0.25) is 5.91 Å². The number of nitro groups is 1. The number of nitro benzene ring substituents is 1. The third-order valence-electron chi connectivity index (χ3n) is 5.83. The average molecular weight is 483 g/mol. The van der Waals surface area contributed by atoms with Crippen molar-refractivity contribution < 1.29 is 9.72 Å². The van der Waals surface area contributed by atoms with E-state index in [1.54, 1.807) is 18.3 Å². The molecule has 1 amide bonds. The van der Waals surface area contributed by atoms with E-state index in [2.05, 4.69) is 10.4 Å². The number of nitrogens with one attached hydrogen (secondary N) is 1. The molecular weight excluding hydrogens is 460 g/mol. The molecule has 0 radical (unpaired) electrons. The Morgan fingerprint density at radius 1 is 1.09 bits per heavy atom. The van der Waals surface area contributed by atoms with Crippen molar-refractivity contribution in [3.05, 3.63) is 86.3 Å². The molecule has 1 atom stereocenters. The van der Waals surface area contributed by atoms with Crippen LogP contribution in [0.25, 0.3) is 5.69 Å². The number of anilines is 2. The van der Waals surface area contributed by atoms with Crippen LogP contribution in [0.2, 0.25) is 5.02 Å². The predicted octanol–water partition coefficient (Wildman–Crippen LogP) is 2.94. The number of amides is 1. The molecule has 0 spiro atoms. The van der Waals surface area contributed by atoms with Crippen LogP contribution in [0.15, 0.2) is 65.6 Å². The minimum atomic E-state index is -0.487. The third-order valence-corrected chi connectivity index (χ3v) is 6.18. The average Bonchev–Trinajstić information content (AvgIpc) is 2.86. The number of benzene rings is 2. The zero-order valence-corrected chi connectivity index (χ0v) is 19.2. The second kappa shape index (κ2) is 10.0. The van der Waals surface area contributed by atoms with Gasteiger partial charge >= 0.3 is 0 Å². The molecule has 1 aromatic heterocycles. The topological polar surface area (TPSA) is 114 Å². The standard InChI is InChI=1S/C23H23ClN6O4/c1-16(22(31)26-17-7-9-19(10-8-17)30(33)34)27-11-13-28(14-12-27)20-15-25-29(23(32)21(20)24)18-5-3-2-4-6-18/h2-10,15-16H,11-14H2,1H3,(H,26,31). The summed E-state index contributed by atoms with van der Waals surface area (Å²) >= 11 is 6.42. The van der Waals surface area contributed by atoms with Gasteiger partial charge in [0.05, 0.1) is 28.5 Å². The van der Waals surface area contributed by atoms with Crippen LogP contribution < -0.4 is 15.8 Å². The highest BCUT2D eigenvalue weighted by Gasteiger charge is 2.27. The number of carbonyl (C=O) groups excluding carboxylic acids is 1. The summed E-state index contributed by atoms with van der Waals surface area (Å²) in [5.74, 6) is -0.201. The number of piperazine rings is 1. The first-order chi connectivity index (χ1) is 16.3. The van der Waals surface area contributed by atoms with E-state index in [-0.39, 0.29) is 22.2 Å². The van der Waals surface area contributed by atoms with Gasteiger partial charge in [0, 0.05) is 44.0 Å². The second-order valence-electron chi connectivity index (χ2n) is 7.89. The molecule has 1 aliphatic rings. The molecule has 3 aromatic rings. The van der Waals surface area contributed by atoms with E-state index >= 15 is 0 Å². The van der Waals surface area contributed by atoms with Crippen LogP contribution in [-0.4, -0.2) is 57.7 Å². The maximum absolute atomic E-state index is 12.8. The molecule has 0 aliphatic carbocycles. The van der Waals surface area contributed by atoms with Crippen molar-refractivity contribution in [3.63, 3.8) is 0 Å². The fourth-order valence-electron chi connectivity index (χ4n) is 3.83. The van der Waals surface area contributed by atoms with Crippen LogP contribution in [-0.2, 0) is 4.79 Å². The number of para-hydroxylation sites is 1. The lowest BCUT2D eigenvalue weighted by Gasteiger charge is -2.38. The van der Waals surface area contributed by atoms with Crippen molar-refractivity contribution in [3.8, 4) is 5.69 Å². The SMILES string of the molecule is CC(C(=O)Nc1ccc([N+](=O)[O-])cc1)N1CCN(c2cnn(-c3ccccc3)c(=O)c2Cl)CC1. The largest absolute Gasteiger partial charge is 0.366 e. The minimum absolute atomic E-state index is 0.0354. The minimum Gasteiger partial charge on any atom is -0.366 e. The van der Waals surface area contributed by atoms with E-state index in [9.17, 15) is 19.7 Å². The van der Waals surface area contributed by atoms with Crippen LogP contribution >= 0.6 is 11.6 Å². The summed E-state index contributed by atoms with van der Waals surface area (Å²) in [6, 6.07) is 14.4. The van der Waals surface area contributed by atoms with Crippen molar-refractivity contribution in [2.75, 3.05) is 36.4 Å². The molecule has 1 aliphatic heterocycles. The van der Waals surface area contributed by atoms with Gasteiger partial charge < -0.3 is 10.2 Å². The smallest absolute Gasteiger partial charge is 0.292 e. The van der Waals surface area contributed by atoms with E-state index in [0.717, 1.165) is 0 Å². The fourth-order valence-corrected chi connectivity index (χ4v) is 4.08. The highest BCUT2D eigenvalue weighted by Crippen LogP contribution is 2.24. The van der Waals surface area contributed by atoms with Gasteiger partial charge in [0.25, 0.3) is 11.2 Å². The van der Waals surface area contributed by atoms with Crippen LogP contribution in [0, 0.1) is 10.1 Å². The van der Waals surface area contributed by atoms with Crippen LogP contribution in [0.4, 0.5) is 17.1 Å². The molecule has 2 heterocycles. The summed E-state index contributed by atoms with van der Waals surface area (Å²) in [6.07, 6.45) is 1.59. The molecule has 1 unspecified atom stereocenters. The number of rotatable bonds is 6. The normalized spacial score (nSPS) is 15.1. The molecule has 1 N–H and O–H groups in total. The maximum atomic E-state index is 12.8. The Morgan fingerprint density at radius 2 is 1.74 bits per heavy atom. The first-order valence-corrected chi connectivity index (χ1v) is 11.1. The van der Waals surface area contributed by atoms with Crippen LogP contribution in [0.3, 0.4) is 0 Å². The summed E-state index contributed by atoms with van der Waals surface area (Å²) < 4.78 is 1.27. The Morgan fingerprint density at radius 3 is 2.35 bits per heavy atom. The van der Waals surface area contributed by atoms with Crippen LogP contribution in [0.5, 0.6) is 0 Å². The van der Waals surface area contributed by atoms with Crippen molar-refractivity contribution in [2.24, 2.45) is 0 Å². The second-order valence-corrected chi connectivity index (χ2v) is 8.27. The molecule has 4 rings (SSSR count). The van der Waals surface area contributed by atoms with Gasteiger partial charge in [-0.15, -0.1) is 0 Å². The third kappa shape index (κ3) is 4.92. The number of hydrogen-bond donors (Lipinski definition) is 1. The lowest BCUT2D eigenvalue weighted by molar-refractivity contribution is -0.384. The van der Waals surface area contributed by atoms with Gasteiger partial charge in [-0.05, 0) is 31.2 Å². The first-order valence-electron chi connectivity index (χ1n) is 10.7. The van der Waals surface area contributed by atoms with Gasteiger partial charge in [-0.2, -0.15) is 9.78 Å². The number of non-ortho nitro benzene ring substituents is 1. The molecule has 176 valence electrons. The van der Waals surface area contributed by atoms with Crippen molar-refractivity contribution >= 4 is 34.6 Å². The lowest BCUT2D eigenvalue weighted by Crippen LogP contribution is -2.53. The molecule has 2 aromatic carbocycles. The monoisotopic (exact) mass is 482 g/mol. The molecule has 1 fully saturated rings. The summed E-state index contributed by atoms with van der Waals surface area (Å²) in [6.45, 7) is 4.14. The number of halogens is 1. The Hall–Kier alpha value is -3.76. The number of aromatic nitrogens is 2. The molecule has 11 heteroatoms. The zero-order chi connectivity index (χ0) is 24.2. The summed E-state index contributed by atoms with van der Waals surface area (Å²) in [4.78, 5) is 39.8. The Balaban J connectivity index is 1.38. The Kier molecular flexibility index (Phi) is 6.90. The lowest BCUT2D eigenvalue weighted by atomic mass is 10.2. The Bertz CT molecular complexity index is 1240. The van der Waals surface area contributed by atoms with E-state index in [0.29, 0.717) is 43.2 Å². The fraction of sp³-hybridized carbons (Fsp3) is 0.261. The molecule has 0 saturated carbocycles. The maximum Gasteiger partial charge on any atom is 0.292 e. The molecule has 10 nitrogen and oxygen atoms in total. The summed E-state index contributed by atoms with van der Waals surface area (Å²) in [5.41, 5.74) is 1.29.